The van der Waals surface area contributed by atoms with Gasteiger partial charge in [-0.1, -0.05) is 58.4 Å². The van der Waals surface area contributed by atoms with Crippen LogP contribution in [0, 0.1) is 0 Å². The third-order valence-corrected chi connectivity index (χ3v) is 3.93. The average molecular weight is 351 g/mol. The summed E-state index contributed by atoms with van der Waals surface area (Å²) in [5.74, 6) is 0.597. The normalized spacial score (nSPS) is 11.0. The van der Waals surface area contributed by atoms with Crippen LogP contribution in [0.5, 0.6) is 0 Å². The van der Waals surface area contributed by atoms with Gasteiger partial charge in [-0.15, -0.1) is 0 Å². The van der Waals surface area contributed by atoms with Crippen molar-refractivity contribution in [1.29, 1.82) is 0 Å². The van der Waals surface area contributed by atoms with Gasteiger partial charge in [0.25, 0.3) is 5.78 Å². The van der Waals surface area contributed by atoms with Crippen LogP contribution in [-0.2, 0) is 0 Å². The molecular weight excluding hydrogens is 340 g/mol. The minimum atomic E-state index is 0.597. The molecule has 22 heavy (non-hydrogen) atoms. The lowest BCUT2D eigenvalue weighted by molar-refractivity contribution is 0.905. The summed E-state index contributed by atoms with van der Waals surface area (Å²) in [5.41, 5.74) is 3.75. The molecule has 0 atom stereocenters. The van der Waals surface area contributed by atoms with Gasteiger partial charge in [-0.3, -0.25) is 0 Å². The van der Waals surface area contributed by atoms with E-state index >= 15 is 0 Å². The lowest BCUT2D eigenvalue weighted by Gasteiger charge is -1.99. The van der Waals surface area contributed by atoms with Gasteiger partial charge in [-0.25, -0.2) is 14.5 Å². The summed E-state index contributed by atoms with van der Waals surface area (Å²) >= 11 is 3.44. The molecule has 0 aliphatic heterocycles. The fourth-order valence-corrected chi connectivity index (χ4v) is 2.55. The number of rotatable bonds is 2. The Balaban J connectivity index is 1.80. The van der Waals surface area contributed by atoms with Gasteiger partial charge in [-0.05, 0) is 12.1 Å². The Morgan fingerprint density at radius 1 is 0.773 bits per heavy atom. The fraction of sp³-hybridized carbons (Fsp3) is 0. The van der Waals surface area contributed by atoms with E-state index in [2.05, 4.69) is 31.0 Å². The van der Waals surface area contributed by atoms with Crippen molar-refractivity contribution in [2.75, 3.05) is 0 Å². The number of fused-ring (bicyclic) bond motifs is 1. The first-order valence-electron chi connectivity index (χ1n) is 6.83. The summed E-state index contributed by atoms with van der Waals surface area (Å²) in [6.45, 7) is 0. The van der Waals surface area contributed by atoms with Crippen molar-refractivity contribution in [3.05, 3.63) is 71.5 Å². The second kappa shape index (κ2) is 5.35. The Labute approximate surface area is 135 Å². The van der Waals surface area contributed by atoms with Crippen molar-refractivity contribution in [3.63, 3.8) is 0 Å². The lowest BCUT2D eigenvalue weighted by Crippen LogP contribution is -1.94. The van der Waals surface area contributed by atoms with Crippen molar-refractivity contribution in [2.24, 2.45) is 0 Å². The third kappa shape index (κ3) is 2.40. The Hall–Kier alpha value is -2.53. The molecule has 0 unspecified atom stereocenters. The highest BCUT2D eigenvalue weighted by atomic mass is 79.9. The van der Waals surface area contributed by atoms with Gasteiger partial charge in [-0.2, -0.15) is 5.10 Å². The van der Waals surface area contributed by atoms with Crippen LogP contribution in [0.2, 0.25) is 0 Å². The first-order valence-corrected chi connectivity index (χ1v) is 7.63. The van der Waals surface area contributed by atoms with Gasteiger partial charge in [0.15, 0.2) is 0 Å². The molecule has 4 rings (SSSR count). The Morgan fingerprint density at radius 3 is 2.23 bits per heavy atom. The maximum atomic E-state index is 4.59. The zero-order chi connectivity index (χ0) is 14.9. The van der Waals surface area contributed by atoms with E-state index in [4.69, 9.17) is 0 Å². The highest BCUT2D eigenvalue weighted by Crippen LogP contribution is 2.22. The zero-order valence-electron chi connectivity index (χ0n) is 11.5. The highest BCUT2D eigenvalue weighted by molar-refractivity contribution is 9.10. The molecular formula is C17H11BrN4. The number of aromatic nitrogens is 4. The molecule has 0 fully saturated rings. The number of hydrogen-bond donors (Lipinski definition) is 0. The minimum absolute atomic E-state index is 0.597. The Kier molecular flexibility index (Phi) is 3.20. The molecule has 0 saturated carbocycles. The first kappa shape index (κ1) is 13.2. The van der Waals surface area contributed by atoms with E-state index in [-0.39, 0.29) is 0 Å². The van der Waals surface area contributed by atoms with Crippen molar-refractivity contribution in [3.8, 4) is 22.5 Å². The third-order valence-electron chi connectivity index (χ3n) is 3.40. The van der Waals surface area contributed by atoms with Crippen molar-refractivity contribution in [1.82, 2.24) is 19.6 Å². The molecule has 0 bridgehead atoms. The number of nitrogens with zero attached hydrogens (tertiary/aromatic N) is 4. The molecule has 0 radical (unpaired) electrons. The Bertz CT molecular complexity index is 930. The van der Waals surface area contributed by atoms with Crippen molar-refractivity contribution >= 4 is 21.7 Å². The molecule has 5 heteroatoms. The van der Waals surface area contributed by atoms with Crippen LogP contribution in [0.4, 0.5) is 0 Å². The molecule has 4 aromatic rings. The van der Waals surface area contributed by atoms with E-state index in [1.54, 1.807) is 10.7 Å². The summed E-state index contributed by atoms with van der Waals surface area (Å²) in [6.07, 6.45) is 3.65. The topological polar surface area (TPSA) is 43.1 Å². The Morgan fingerprint density at radius 2 is 1.45 bits per heavy atom. The largest absolute Gasteiger partial charge is 0.251 e. The van der Waals surface area contributed by atoms with Crippen LogP contribution in [0.1, 0.15) is 0 Å². The van der Waals surface area contributed by atoms with E-state index in [1.807, 2.05) is 60.8 Å². The van der Waals surface area contributed by atoms with Gasteiger partial charge in [0, 0.05) is 15.6 Å². The quantitative estimate of drug-likeness (QED) is 0.543. The van der Waals surface area contributed by atoms with Crippen LogP contribution < -0.4 is 0 Å². The van der Waals surface area contributed by atoms with Gasteiger partial charge >= 0.3 is 0 Å². The van der Waals surface area contributed by atoms with Crippen molar-refractivity contribution < 1.29 is 0 Å². The molecule has 2 aromatic carbocycles. The van der Waals surface area contributed by atoms with Crippen LogP contribution in [0.25, 0.3) is 28.3 Å². The van der Waals surface area contributed by atoms with Gasteiger partial charge in [0.05, 0.1) is 23.8 Å². The monoisotopic (exact) mass is 350 g/mol. The van der Waals surface area contributed by atoms with Gasteiger partial charge in [0.2, 0.25) is 0 Å². The molecule has 0 aliphatic carbocycles. The smallest absolute Gasteiger partial charge is 0.209 e. The SMILES string of the molecule is Brc1ccc(-c2cn3ncc(-c4ccccc4)nc3n2)cc1. The standard InChI is InChI=1S/C17H11BrN4/c18-14-8-6-13(7-9-14)16-11-22-17(21-16)20-15(10-19-22)12-4-2-1-3-5-12/h1-11H. The van der Waals surface area contributed by atoms with Crippen LogP contribution in [0.3, 0.4) is 0 Å². The minimum Gasteiger partial charge on any atom is -0.209 e. The van der Waals surface area contributed by atoms with Crippen molar-refractivity contribution in [2.45, 2.75) is 0 Å². The van der Waals surface area contributed by atoms with E-state index in [0.717, 1.165) is 27.0 Å². The summed E-state index contributed by atoms with van der Waals surface area (Å²) in [5, 5.41) is 4.40. The first-order chi connectivity index (χ1) is 10.8. The van der Waals surface area contributed by atoms with Crippen LogP contribution >= 0.6 is 15.9 Å². The molecule has 2 aromatic heterocycles. The summed E-state index contributed by atoms with van der Waals surface area (Å²) in [6, 6.07) is 18.0. The van der Waals surface area contributed by atoms with E-state index in [0.29, 0.717) is 5.78 Å². The molecule has 0 spiro atoms. The second-order valence-electron chi connectivity index (χ2n) is 4.89. The van der Waals surface area contributed by atoms with E-state index < -0.39 is 0 Å². The summed E-state index contributed by atoms with van der Waals surface area (Å²) in [4.78, 5) is 9.16. The van der Waals surface area contributed by atoms with E-state index in [9.17, 15) is 0 Å². The number of imidazole rings is 1. The second-order valence-corrected chi connectivity index (χ2v) is 5.80. The summed E-state index contributed by atoms with van der Waals surface area (Å²) < 4.78 is 2.74. The maximum Gasteiger partial charge on any atom is 0.251 e. The van der Waals surface area contributed by atoms with Crippen LogP contribution in [0.15, 0.2) is 71.5 Å². The predicted octanol–water partition coefficient (Wildman–Crippen LogP) is 4.22. The molecule has 106 valence electrons. The molecule has 0 aliphatic rings. The molecule has 4 nitrogen and oxygen atoms in total. The lowest BCUT2D eigenvalue weighted by atomic mass is 10.2. The fourth-order valence-electron chi connectivity index (χ4n) is 2.28. The molecule has 2 heterocycles. The predicted molar refractivity (Wildman–Crippen MR) is 89.4 cm³/mol. The van der Waals surface area contributed by atoms with Gasteiger partial charge < -0.3 is 0 Å². The molecule has 0 amide bonds. The highest BCUT2D eigenvalue weighted by Gasteiger charge is 2.08. The van der Waals surface area contributed by atoms with E-state index in [1.165, 1.54) is 0 Å². The number of benzene rings is 2. The molecule has 0 N–H and O–H groups in total. The average Bonchev–Trinajstić information content (AvgIpc) is 2.99. The maximum absolute atomic E-state index is 4.59. The molecule has 0 saturated heterocycles. The van der Waals surface area contributed by atoms with Crippen LogP contribution in [-0.4, -0.2) is 19.6 Å². The summed E-state index contributed by atoms with van der Waals surface area (Å²) in [7, 11) is 0. The number of hydrogen-bond acceptors (Lipinski definition) is 3. The zero-order valence-corrected chi connectivity index (χ0v) is 13.1. The number of halogens is 1. The van der Waals surface area contributed by atoms with Gasteiger partial charge in [0.1, 0.15) is 0 Å².